The highest BCUT2D eigenvalue weighted by Gasteiger charge is 2.21. The molecule has 0 bridgehead atoms. The number of rotatable bonds is 0. The van der Waals surface area contributed by atoms with Crippen LogP contribution in [0.25, 0.3) is 0 Å². The van der Waals surface area contributed by atoms with E-state index in [0.717, 1.165) is 0 Å². The smallest absolute Gasteiger partial charge is 0.376 e. The second-order valence-corrected chi connectivity index (χ2v) is 4.09. The monoisotopic (exact) mass is 324 g/mol. The molecule has 0 aromatic carbocycles. The van der Waals surface area contributed by atoms with Gasteiger partial charge in [0.2, 0.25) is 0 Å². The van der Waals surface area contributed by atoms with Crippen LogP contribution in [0.1, 0.15) is 0 Å². The van der Waals surface area contributed by atoms with Crippen LogP contribution in [-0.4, -0.2) is 34.3 Å². The van der Waals surface area contributed by atoms with Crippen LogP contribution in [-0.2, 0) is 18.0 Å². The predicted molar refractivity (Wildman–Crippen MR) is 68.3 cm³/mol. The van der Waals surface area contributed by atoms with Gasteiger partial charge in [-0.25, -0.2) is 9.59 Å². The van der Waals surface area contributed by atoms with E-state index in [1.54, 1.807) is 0 Å². The van der Waals surface area contributed by atoms with E-state index in [9.17, 15) is 19.2 Å². The number of nitrogens with one attached hydrogen (secondary N) is 4. The first-order valence-electron chi connectivity index (χ1n) is 4.29. The topological polar surface area (TPSA) is 211 Å². The van der Waals surface area contributed by atoms with E-state index < -0.39 is 34.3 Å². The molecule has 20 heavy (non-hydrogen) atoms. The highest BCUT2D eigenvalue weighted by atomic mass is 32.2. The van der Waals surface area contributed by atoms with Crippen LogP contribution < -0.4 is 22.1 Å². The summed E-state index contributed by atoms with van der Waals surface area (Å²) in [6, 6.07) is 0. The van der Waals surface area contributed by atoms with Crippen molar-refractivity contribution in [2.75, 3.05) is 0 Å². The first-order chi connectivity index (χ1) is 9.22. The maximum atomic E-state index is 11.1. The van der Waals surface area contributed by atoms with Crippen LogP contribution >= 0.6 is 24.1 Å². The largest absolute Gasteiger partial charge is 0.426 e. The molecule has 0 atom stereocenters. The molecular weight excluding hydrogens is 316 g/mol. The summed E-state index contributed by atoms with van der Waals surface area (Å²) in [4.78, 5) is 43.9. The van der Waals surface area contributed by atoms with Crippen molar-refractivity contribution in [3.63, 3.8) is 0 Å². The van der Waals surface area contributed by atoms with Crippen molar-refractivity contribution in [1.82, 2.24) is 10.6 Å². The molecular formula is C6H8N6O6S2. The summed E-state index contributed by atoms with van der Waals surface area (Å²) in [5, 5.41) is 15.2. The fourth-order valence-corrected chi connectivity index (χ4v) is 0.920. The maximum Gasteiger partial charge on any atom is 0.426 e. The summed E-state index contributed by atoms with van der Waals surface area (Å²) in [5.74, 6) is -3.02. The van der Waals surface area contributed by atoms with E-state index in [2.05, 4.69) is 8.37 Å². The van der Waals surface area contributed by atoms with Gasteiger partial charge in [-0.15, -0.1) is 0 Å². The van der Waals surface area contributed by atoms with Gasteiger partial charge in [0.25, 0.3) is 0 Å². The van der Waals surface area contributed by atoms with Gasteiger partial charge >= 0.3 is 24.0 Å². The highest BCUT2D eigenvalue weighted by Crippen LogP contribution is 2.01. The molecule has 14 heteroatoms. The number of imide groups is 2. The molecule has 8 N–H and O–H groups in total. The molecule has 0 heterocycles. The van der Waals surface area contributed by atoms with E-state index in [0.29, 0.717) is 0 Å². The van der Waals surface area contributed by atoms with Crippen LogP contribution in [0.5, 0.6) is 0 Å². The van der Waals surface area contributed by atoms with Crippen LogP contribution in [0, 0.1) is 10.8 Å². The maximum absolute atomic E-state index is 11.1. The van der Waals surface area contributed by atoms with E-state index in [4.69, 9.17) is 22.3 Å². The fourth-order valence-electron chi connectivity index (χ4n) is 0.506. The van der Waals surface area contributed by atoms with E-state index in [1.165, 1.54) is 10.6 Å². The van der Waals surface area contributed by atoms with Gasteiger partial charge in [-0.1, -0.05) is 0 Å². The van der Waals surface area contributed by atoms with Gasteiger partial charge < -0.3 is 19.8 Å². The normalized spacial score (nSPS) is 9.00. The summed E-state index contributed by atoms with van der Waals surface area (Å²) in [6.07, 6.45) is -2.73. The minimum Gasteiger partial charge on any atom is -0.376 e. The second-order valence-electron chi connectivity index (χ2n) is 2.54. The Hall–Kier alpha value is -2.48. The minimum atomic E-state index is -1.51. The summed E-state index contributed by atoms with van der Waals surface area (Å²) < 4.78 is 8.32. The summed E-state index contributed by atoms with van der Waals surface area (Å²) in [7, 11) is 0. The number of amidine groups is 2. The Labute approximate surface area is 119 Å². The number of nitrogens with two attached hydrogens (primary N) is 2. The number of carbonyl (C=O) groups is 4. The molecule has 0 saturated carbocycles. The van der Waals surface area contributed by atoms with Crippen LogP contribution in [0.2, 0.25) is 0 Å². The third-order valence-corrected chi connectivity index (χ3v) is 1.88. The van der Waals surface area contributed by atoms with Crippen molar-refractivity contribution in [3.05, 3.63) is 0 Å². The zero-order valence-corrected chi connectivity index (χ0v) is 11.1. The van der Waals surface area contributed by atoms with Gasteiger partial charge in [-0.2, -0.15) is 0 Å². The molecule has 0 aliphatic rings. The molecule has 0 aliphatic carbocycles. The van der Waals surface area contributed by atoms with Gasteiger partial charge in [0.15, 0.2) is 10.3 Å². The van der Waals surface area contributed by atoms with E-state index >= 15 is 0 Å². The van der Waals surface area contributed by atoms with Gasteiger partial charge in [-0.3, -0.25) is 31.0 Å². The fraction of sp³-hybridized carbons (Fsp3) is 0. The van der Waals surface area contributed by atoms with Gasteiger partial charge in [0.1, 0.15) is 24.1 Å². The molecule has 12 nitrogen and oxygen atoms in total. The Morgan fingerprint density at radius 3 is 1.35 bits per heavy atom. The van der Waals surface area contributed by atoms with Crippen molar-refractivity contribution >= 4 is 58.4 Å². The van der Waals surface area contributed by atoms with Crippen molar-refractivity contribution in [2.45, 2.75) is 0 Å². The molecule has 4 amide bonds. The molecule has 0 unspecified atom stereocenters. The molecule has 0 fully saturated rings. The molecule has 0 aliphatic heterocycles. The third kappa shape index (κ3) is 8.59. The lowest BCUT2D eigenvalue weighted by molar-refractivity contribution is -0.138. The first kappa shape index (κ1) is 17.5. The van der Waals surface area contributed by atoms with E-state index in [1.807, 2.05) is 0 Å². The molecule has 0 rings (SSSR count). The quantitative estimate of drug-likeness (QED) is 0.132. The average molecular weight is 324 g/mol. The summed E-state index contributed by atoms with van der Waals surface area (Å²) in [5.41, 5.74) is 9.68. The SMILES string of the molecule is N=C(N)SOC(=O)NC(=O)C(=O)NC(=O)OSC(=N)N. The average Bonchev–Trinajstić information content (AvgIpc) is 2.33. The molecule has 0 spiro atoms. The minimum absolute atomic E-state index is 0.151. The van der Waals surface area contributed by atoms with Crippen LogP contribution in [0.4, 0.5) is 9.59 Å². The number of hydrogen-bond donors (Lipinski definition) is 6. The Morgan fingerprint density at radius 2 is 1.10 bits per heavy atom. The Morgan fingerprint density at radius 1 is 0.800 bits per heavy atom. The van der Waals surface area contributed by atoms with Crippen molar-refractivity contribution in [1.29, 1.82) is 10.8 Å². The lowest BCUT2D eigenvalue weighted by Crippen LogP contribution is -2.44. The van der Waals surface area contributed by atoms with Gasteiger partial charge in [0, 0.05) is 0 Å². The Kier molecular flexibility index (Phi) is 7.53. The second kappa shape index (κ2) is 8.59. The van der Waals surface area contributed by atoms with Gasteiger partial charge in [-0.05, 0) is 0 Å². The molecule has 0 saturated heterocycles. The molecule has 110 valence electrons. The lowest BCUT2D eigenvalue weighted by atomic mass is 10.5. The number of hydrogen-bond acceptors (Lipinski definition) is 10. The Bertz CT molecular complexity index is 425. The standard InChI is InChI=1S/C6H8N6O6S2/c7-3(8)19-17-5(15)11-1(13)2(14)12-6(16)18-20-4(9)10/h(H3,7,8)(H3,9,10)(H,11,13,15)(H,12,14,16). The lowest BCUT2D eigenvalue weighted by Gasteiger charge is -2.04. The van der Waals surface area contributed by atoms with Crippen molar-refractivity contribution in [2.24, 2.45) is 11.5 Å². The van der Waals surface area contributed by atoms with Crippen molar-refractivity contribution < 1.29 is 27.5 Å². The van der Waals surface area contributed by atoms with Crippen LogP contribution in [0.15, 0.2) is 0 Å². The van der Waals surface area contributed by atoms with Crippen molar-refractivity contribution in [3.8, 4) is 0 Å². The molecule has 0 aromatic heterocycles. The first-order valence-corrected chi connectivity index (χ1v) is 5.78. The molecule has 0 radical (unpaired) electrons. The zero-order chi connectivity index (χ0) is 15.7. The summed E-state index contributed by atoms with van der Waals surface area (Å²) >= 11 is 0.302. The van der Waals surface area contributed by atoms with Gasteiger partial charge in [0.05, 0.1) is 0 Å². The highest BCUT2D eigenvalue weighted by molar-refractivity contribution is 8.10. The zero-order valence-electron chi connectivity index (χ0n) is 9.42. The molecule has 0 aromatic rings. The Balaban J connectivity index is 4.12. The summed E-state index contributed by atoms with van der Waals surface area (Å²) in [6.45, 7) is 0. The van der Waals surface area contributed by atoms with E-state index in [-0.39, 0.29) is 24.1 Å². The third-order valence-electron chi connectivity index (χ3n) is 1.05. The predicted octanol–water partition coefficient (Wildman–Crippen LogP) is -1.42. The number of carbonyl (C=O) groups excluding carboxylic acids is 4. The van der Waals surface area contributed by atoms with Crippen LogP contribution in [0.3, 0.4) is 0 Å². The number of amides is 4.